The van der Waals surface area contributed by atoms with Gasteiger partial charge in [-0.1, -0.05) is 11.2 Å². The molecule has 0 amide bonds. The lowest BCUT2D eigenvalue weighted by atomic mass is 10.1. The van der Waals surface area contributed by atoms with Crippen LogP contribution >= 0.6 is 0 Å². The second kappa shape index (κ2) is 7.66. The van der Waals surface area contributed by atoms with Crippen molar-refractivity contribution in [2.75, 3.05) is 19.7 Å². The van der Waals surface area contributed by atoms with Gasteiger partial charge in [0.25, 0.3) is 0 Å². The molecule has 3 rings (SSSR count). The van der Waals surface area contributed by atoms with Gasteiger partial charge in [-0.3, -0.25) is 9.88 Å². The molecule has 0 bridgehead atoms. The van der Waals surface area contributed by atoms with Gasteiger partial charge < -0.3 is 9.26 Å². The number of aromatic nitrogens is 3. The largest absolute Gasteiger partial charge is 0.378 e. The monoisotopic (exact) mass is 316 g/mol. The number of hydrogen-bond donors (Lipinski definition) is 0. The van der Waals surface area contributed by atoms with Gasteiger partial charge >= 0.3 is 0 Å². The highest BCUT2D eigenvalue weighted by atomic mass is 16.5. The fourth-order valence-corrected chi connectivity index (χ4v) is 2.81. The van der Waals surface area contributed by atoms with Crippen molar-refractivity contribution in [3.05, 3.63) is 41.3 Å². The van der Waals surface area contributed by atoms with E-state index in [1.165, 1.54) is 5.56 Å². The summed E-state index contributed by atoms with van der Waals surface area (Å²) in [6.07, 6.45) is 5.12. The Balaban J connectivity index is 1.36. The fourth-order valence-electron chi connectivity index (χ4n) is 2.81. The zero-order chi connectivity index (χ0) is 16.1. The van der Waals surface area contributed by atoms with E-state index in [2.05, 4.69) is 39.1 Å². The number of hydrogen-bond acceptors (Lipinski definition) is 6. The van der Waals surface area contributed by atoms with Gasteiger partial charge in [0.05, 0.1) is 18.4 Å². The van der Waals surface area contributed by atoms with E-state index in [4.69, 9.17) is 9.26 Å². The summed E-state index contributed by atoms with van der Waals surface area (Å²) in [4.78, 5) is 11.1. The molecule has 2 aromatic heterocycles. The molecule has 0 aromatic carbocycles. The van der Waals surface area contributed by atoms with Gasteiger partial charge in [-0.05, 0) is 31.4 Å². The van der Waals surface area contributed by atoms with Crippen LogP contribution in [-0.2, 0) is 17.7 Å². The molecule has 0 saturated carbocycles. The Morgan fingerprint density at radius 2 is 2.09 bits per heavy atom. The predicted molar refractivity (Wildman–Crippen MR) is 86.0 cm³/mol. The van der Waals surface area contributed by atoms with E-state index < -0.39 is 0 Å². The Kier molecular flexibility index (Phi) is 5.35. The van der Waals surface area contributed by atoms with Crippen molar-refractivity contribution in [2.24, 2.45) is 0 Å². The molecule has 0 unspecified atom stereocenters. The maximum Gasteiger partial charge on any atom is 0.223 e. The van der Waals surface area contributed by atoms with Crippen LogP contribution in [0.15, 0.2) is 22.9 Å². The first-order valence-electron chi connectivity index (χ1n) is 8.24. The van der Waals surface area contributed by atoms with Crippen LogP contribution in [0.1, 0.15) is 35.8 Å². The summed E-state index contributed by atoms with van der Waals surface area (Å²) in [5.41, 5.74) is 2.35. The molecule has 124 valence electrons. The maximum atomic E-state index is 5.95. The summed E-state index contributed by atoms with van der Waals surface area (Å²) in [5, 5.41) is 3.88. The molecule has 1 saturated heterocycles. The van der Waals surface area contributed by atoms with Crippen LogP contribution in [0, 0.1) is 13.8 Å². The smallest absolute Gasteiger partial charge is 0.223 e. The van der Waals surface area contributed by atoms with Crippen molar-refractivity contribution in [1.29, 1.82) is 0 Å². The van der Waals surface area contributed by atoms with Gasteiger partial charge in [0, 0.05) is 39.2 Å². The van der Waals surface area contributed by atoms with Gasteiger partial charge in [-0.15, -0.1) is 0 Å². The average molecular weight is 316 g/mol. The van der Waals surface area contributed by atoms with E-state index >= 15 is 0 Å². The fraction of sp³-hybridized carbons (Fsp3) is 0.588. The molecule has 0 atom stereocenters. The van der Waals surface area contributed by atoms with Crippen molar-refractivity contribution in [3.63, 3.8) is 0 Å². The Hall–Kier alpha value is -1.79. The normalized spacial score (nSPS) is 16.8. The van der Waals surface area contributed by atoms with Crippen molar-refractivity contribution in [3.8, 4) is 0 Å². The number of nitrogens with zero attached hydrogens (tertiary/aromatic N) is 4. The molecule has 3 heterocycles. The topological polar surface area (TPSA) is 64.3 Å². The first-order valence-corrected chi connectivity index (χ1v) is 8.24. The quantitative estimate of drug-likeness (QED) is 0.815. The van der Waals surface area contributed by atoms with Crippen LogP contribution in [0.5, 0.6) is 0 Å². The van der Waals surface area contributed by atoms with Crippen LogP contribution in [0.4, 0.5) is 0 Å². The molecule has 1 aliphatic heterocycles. The van der Waals surface area contributed by atoms with E-state index in [1.54, 1.807) is 6.92 Å². The third-order valence-corrected chi connectivity index (χ3v) is 4.14. The van der Waals surface area contributed by atoms with Crippen molar-refractivity contribution < 1.29 is 9.26 Å². The van der Waals surface area contributed by atoms with E-state index in [0.717, 1.165) is 44.0 Å². The number of likely N-dealkylation sites (tertiary alicyclic amines) is 1. The molecule has 0 spiro atoms. The Morgan fingerprint density at radius 1 is 1.26 bits per heavy atom. The lowest BCUT2D eigenvalue weighted by Gasteiger charge is -2.31. The molecule has 6 nitrogen and oxygen atoms in total. The molecule has 0 radical (unpaired) electrons. The zero-order valence-corrected chi connectivity index (χ0v) is 13.9. The minimum absolute atomic E-state index is 0.338. The van der Waals surface area contributed by atoms with Gasteiger partial charge in [0.1, 0.15) is 0 Å². The van der Waals surface area contributed by atoms with E-state index in [-0.39, 0.29) is 0 Å². The van der Waals surface area contributed by atoms with E-state index in [0.29, 0.717) is 25.0 Å². The molecule has 0 N–H and O–H groups in total. The lowest BCUT2D eigenvalue weighted by molar-refractivity contribution is 0.00653. The molecule has 1 fully saturated rings. The molecular weight excluding hydrogens is 292 g/mol. The van der Waals surface area contributed by atoms with Crippen molar-refractivity contribution in [2.45, 2.75) is 45.8 Å². The first kappa shape index (κ1) is 16.1. The lowest BCUT2D eigenvalue weighted by Crippen LogP contribution is -2.37. The Morgan fingerprint density at radius 3 is 2.74 bits per heavy atom. The summed E-state index contributed by atoms with van der Waals surface area (Å²) >= 11 is 0. The minimum Gasteiger partial charge on any atom is -0.378 e. The molecule has 23 heavy (non-hydrogen) atoms. The van der Waals surface area contributed by atoms with Gasteiger partial charge in [-0.2, -0.15) is 4.98 Å². The van der Waals surface area contributed by atoms with Gasteiger partial charge in [0.2, 0.25) is 5.89 Å². The number of aryl methyl sites for hydroxylation is 2. The zero-order valence-electron chi connectivity index (χ0n) is 13.9. The van der Waals surface area contributed by atoms with E-state index in [9.17, 15) is 0 Å². The highest BCUT2D eigenvalue weighted by Crippen LogP contribution is 2.16. The third-order valence-electron chi connectivity index (χ3n) is 4.14. The highest BCUT2D eigenvalue weighted by molar-refractivity contribution is 5.12. The predicted octanol–water partition coefficient (Wildman–Crippen LogP) is 2.31. The number of rotatable bonds is 6. The maximum absolute atomic E-state index is 5.95. The first-order chi connectivity index (χ1) is 11.2. The van der Waals surface area contributed by atoms with E-state index in [1.807, 2.05) is 6.20 Å². The second-order valence-electron chi connectivity index (χ2n) is 6.15. The molecular formula is C17H24N4O2. The number of pyridine rings is 1. The Labute approximate surface area is 136 Å². The molecule has 2 aromatic rings. The Bertz CT molecular complexity index is 603. The van der Waals surface area contributed by atoms with Gasteiger partial charge in [-0.25, -0.2) is 0 Å². The van der Waals surface area contributed by atoms with Crippen molar-refractivity contribution in [1.82, 2.24) is 20.0 Å². The van der Waals surface area contributed by atoms with Crippen LogP contribution in [0.3, 0.4) is 0 Å². The van der Waals surface area contributed by atoms with Crippen LogP contribution in [0.25, 0.3) is 0 Å². The molecule has 6 heteroatoms. The SMILES string of the molecule is Cc1ccc(CN2CCC(OCCc3noc(C)n3)CC2)nc1. The number of ether oxygens (including phenoxy) is 1. The van der Waals surface area contributed by atoms with Crippen molar-refractivity contribution >= 4 is 0 Å². The van der Waals surface area contributed by atoms with Crippen LogP contribution < -0.4 is 0 Å². The van der Waals surface area contributed by atoms with Crippen LogP contribution in [0.2, 0.25) is 0 Å². The standard InChI is InChI=1S/C17H24N4O2/c1-13-3-4-15(18-11-13)12-21-8-5-16(6-9-21)22-10-7-17-19-14(2)23-20-17/h3-4,11,16H,5-10,12H2,1-2H3. The summed E-state index contributed by atoms with van der Waals surface area (Å²) in [5.74, 6) is 1.34. The highest BCUT2D eigenvalue weighted by Gasteiger charge is 2.20. The number of piperidine rings is 1. The average Bonchev–Trinajstić information content (AvgIpc) is 2.97. The summed E-state index contributed by atoms with van der Waals surface area (Å²) in [7, 11) is 0. The minimum atomic E-state index is 0.338. The second-order valence-corrected chi connectivity index (χ2v) is 6.15. The summed E-state index contributed by atoms with van der Waals surface area (Å²) in [6, 6.07) is 4.24. The molecule has 0 aliphatic carbocycles. The molecule has 1 aliphatic rings. The van der Waals surface area contributed by atoms with Gasteiger partial charge in [0.15, 0.2) is 5.82 Å². The summed E-state index contributed by atoms with van der Waals surface area (Å²) in [6.45, 7) is 7.56. The summed E-state index contributed by atoms with van der Waals surface area (Å²) < 4.78 is 10.9. The third kappa shape index (κ3) is 4.84. The van der Waals surface area contributed by atoms with Crippen LogP contribution in [-0.4, -0.2) is 45.8 Å².